The molecule has 2 aromatic rings. The van der Waals surface area contributed by atoms with Crippen LogP contribution in [0.5, 0.6) is 0 Å². The van der Waals surface area contributed by atoms with E-state index in [2.05, 4.69) is 34.7 Å². The van der Waals surface area contributed by atoms with Gasteiger partial charge in [-0.2, -0.15) is 16.4 Å². The van der Waals surface area contributed by atoms with Crippen LogP contribution in [-0.2, 0) is 12.8 Å². The Hall–Kier alpha value is -1.66. The zero-order valence-corrected chi connectivity index (χ0v) is 13.8. The average molecular weight is 321 g/mol. The van der Waals surface area contributed by atoms with E-state index < -0.39 is 0 Å². The fourth-order valence-electron chi connectivity index (χ4n) is 2.29. The first-order chi connectivity index (χ1) is 10.6. The summed E-state index contributed by atoms with van der Waals surface area (Å²) in [6.07, 6.45) is 1.64. The summed E-state index contributed by atoms with van der Waals surface area (Å²) >= 11 is 1.64. The Labute approximate surface area is 134 Å². The number of nitrogens with zero attached hydrogens (tertiary/aromatic N) is 1. The number of hydrogen-bond acceptors (Lipinski definition) is 4. The lowest BCUT2D eigenvalue weighted by molar-refractivity contribution is 0.0935. The molecule has 2 rings (SSSR count). The van der Waals surface area contributed by atoms with Gasteiger partial charge in [-0.15, -0.1) is 0 Å². The molecule has 0 aliphatic rings. The summed E-state index contributed by atoms with van der Waals surface area (Å²) in [5, 5.41) is 23.3. The predicted molar refractivity (Wildman–Crippen MR) is 88.1 cm³/mol. The van der Waals surface area contributed by atoms with Gasteiger partial charge in [-0.1, -0.05) is 13.8 Å². The van der Waals surface area contributed by atoms with E-state index in [0.717, 1.165) is 18.5 Å². The third-order valence-electron chi connectivity index (χ3n) is 3.41. The summed E-state index contributed by atoms with van der Waals surface area (Å²) in [4.78, 5) is 12.1. The first kappa shape index (κ1) is 16.7. The molecule has 1 amide bonds. The number of aromatic amines is 1. The molecule has 0 unspecified atom stereocenters. The molecule has 22 heavy (non-hydrogen) atoms. The van der Waals surface area contributed by atoms with Crippen LogP contribution in [0.15, 0.2) is 22.9 Å². The Balaban J connectivity index is 1.84. The van der Waals surface area contributed by atoms with Gasteiger partial charge in [0.1, 0.15) is 5.69 Å². The van der Waals surface area contributed by atoms with Crippen LogP contribution in [0.3, 0.4) is 0 Å². The molecule has 0 spiro atoms. The van der Waals surface area contributed by atoms with Crippen LogP contribution in [0.2, 0.25) is 0 Å². The summed E-state index contributed by atoms with van der Waals surface area (Å²) in [6.45, 7) is 4.74. The molecule has 0 aliphatic heterocycles. The number of aliphatic hydroxyl groups excluding tert-OH is 1. The lowest BCUT2D eigenvalue weighted by Crippen LogP contribution is -2.32. The standard InChI is InChI=1S/C16H23N3O2S/c1-11(2)5-14-7-15(19-18-14)16(21)17-8-13(9-20)6-12-3-4-22-10-12/h3-4,7,10-11,13,20H,5-6,8-9H2,1-2H3,(H,17,21)(H,18,19)/t13-/m1/s1. The van der Waals surface area contributed by atoms with E-state index in [-0.39, 0.29) is 18.4 Å². The zero-order chi connectivity index (χ0) is 15.9. The Morgan fingerprint density at radius 1 is 1.45 bits per heavy atom. The van der Waals surface area contributed by atoms with Crippen LogP contribution in [0, 0.1) is 11.8 Å². The highest BCUT2D eigenvalue weighted by molar-refractivity contribution is 7.07. The van der Waals surface area contributed by atoms with Crippen molar-refractivity contribution in [3.8, 4) is 0 Å². The highest BCUT2D eigenvalue weighted by Crippen LogP contribution is 2.12. The normalized spacial score (nSPS) is 12.5. The van der Waals surface area contributed by atoms with Gasteiger partial charge in [0.25, 0.3) is 5.91 Å². The van der Waals surface area contributed by atoms with E-state index in [0.29, 0.717) is 18.2 Å². The molecule has 5 nitrogen and oxygen atoms in total. The van der Waals surface area contributed by atoms with Crippen LogP contribution in [0.4, 0.5) is 0 Å². The molecule has 6 heteroatoms. The molecule has 2 heterocycles. The Morgan fingerprint density at radius 2 is 2.27 bits per heavy atom. The molecule has 0 saturated heterocycles. The molecule has 1 atom stereocenters. The van der Waals surface area contributed by atoms with Gasteiger partial charge in [0, 0.05) is 24.8 Å². The molecule has 3 N–H and O–H groups in total. The minimum atomic E-state index is -0.199. The van der Waals surface area contributed by atoms with Gasteiger partial charge >= 0.3 is 0 Å². The van der Waals surface area contributed by atoms with Gasteiger partial charge in [0.05, 0.1) is 0 Å². The van der Waals surface area contributed by atoms with Crippen molar-refractivity contribution < 1.29 is 9.90 Å². The van der Waals surface area contributed by atoms with Crippen molar-refractivity contribution >= 4 is 17.2 Å². The van der Waals surface area contributed by atoms with E-state index >= 15 is 0 Å². The number of hydrogen-bond donors (Lipinski definition) is 3. The summed E-state index contributed by atoms with van der Waals surface area (Å²) < 4.78 is 0. The van der Waals surface area contributed by atoms with Gasteiger partial charge in [-0.25, -0.2) is 0 Å². The Kier molecular flexibility index (Phi) is 6.15. The fourth-order valence-corrected chi connectivity index (χ4v) is 2.97. The number of amides is 1. The summed E-state index contributed by atoms with van der Waals surface area (Å²) in [5.41, 5.74) is 2.57. The molecule has 0 saturated carbocycles. The van der Waals surface area contributed by atoms with Crippen LogP contribution in [0.25, 0.3) is 0 Å². The lowest BCUT2D eigenvalue weighted by atomic mass is 10.0. The number of aromatic nitrogens is 2. The first-order valence-corrected chi connectivity index (χ1v) is 8.47. The molecule has 0 bridgehead atoms. The van der Waals surface area contributed by atoms with Crippen molar-refractivity contribution in [1.29, 1.82) is 0 Å². The number of aliphatic hydroxyl groups is 1. The monoisotopic (exact) mass is 321 g/mol. The molecule has 0 radical (unpaired) electrons. The van der Waals surface area contributed by atoms with Crippen molar-refractivity contribution in [2.45, 2.75) is 26.7 Å². The van der Waals surface area contributed by atoms with Crippen molar-refractivity contribution in [3.63, 3.8) is 0 Å². The summed E-state index contributed by atoms with van der Waals surface area (Å²) in [6, 6.07) is 3.84. The molecule has 120 valence electrons. The maximum Gasteiger partial charge on any atom is 0.271 e. The highest BCUT2D eigenvalue weighted by atomic mass is 32.1. The quantitative estimate of drug-likeness (QED) is 0.698. The van der Waals surface area contributed by atoms with Crippen LogP contribution < -0.4 is 5.32 Å². The maximum absolute atomic E-state index is 12.1. The number of thiophene rings is 1. The number of carbonyl (C=O) groups is 1. The Morgan fingerprint density at radius 3 is 2.91 bits per heavy atom. The predicted octanol–water partition coefficient (Wildman–Crippen LogP) is 2.25. The largest absolute Gasteiger partial charge is 0.396 e. The molecule has 0 fully saturated rings. The lowest BCUT2D eigenvalue weighted by Gasteiger charge is -2.13. The second-order valence-corrected chi connectivity index (χ2v) is 6.75. The van der Waals surface area contributed by atoms with Crippen molar-refractivity contribution in [1.82, 2.24) is 15.5 Å². The van der Waals surface area contributed by atoms with Gasteiger partial charge < -0.3 is 10.4 Å². The first-order valence-electron chi connectivity index (χ1n) is 7.53. The fraction of sp³-hybridized carbons (Fsp3) is 0.500. The van der Waals surface area contributed by atoms with Crippen molar-refractivity contribution in [2.75, 3.05) is 13.2 Å². The van der Waals surface area contributed by atoms with Crippen molar-refractivity contribution in [3.05, 3.63) is 39.8 Å². The molecule has 0 aromatic carbocycles. The van der Waals surface area contributed by atoms with Crippen LogP contribution >= 0.6 is 11.3 Å². The van der Waals surface area contributed by atoms with E-state index in [9.17, 15) is 9.90 Å². The van der Waals surface area contributed by atoms with Crippen LogP contribution in [-0.4, -0.2) is 34.4 Å². The Bertz CT molecular complexity index is 578. The number of rotatable bonds is 8. The highest BCUT2D eigenvalue weighted by Gasteiger charge is 2.14. The van der Waals surface area contributed by atoms with Gasteiger partial charge in [-0.3, -0.25) is 9.89 Å². The second kappa shape index (κ2) is 8.10. The number of H-pyrrole nitrogens is 1. The van der Waals surface area contributed by atoms with E-state index in [1.807, 2.05) is 11.4 Å². The third kappa shape index (κ3) is 4.96. The van der Waals surface area contributed by atoms with E-state index in [1.54, 1.807) is 17.4 Å². The molecule has 0 aliphatic carbocycles. The van der Waals surface area contributed by atoms with Gasteiger partial charge in [-0.05, 0) is 47.2 Å². The minimum absolute atomic E-state index is 0.0210. The third-order valence-corrected chi connectivity index (χ3v) is 4.14. The van der Waals surface area contributed by atoms with Gasteiger partial charge in [0.15, 0.2) is 0 Å². The van der Waals surface area contributed by atoms with Crippen molar-refractivity contribution in [2.24, 2.45) is 11.8 Å². The summed E-state index contributed by atoms with van der Waals surface area (Å²) in [5.74, 6) is 0.336. The summed E-state index contributed by atoms with van der Waals surface area (Å²) in [7, 11) is 0. The van der Waals surface area contributed by atoms with Gasteiger partial charge in [0.2, 0.25) is 0 Å². The zero-order valence-electron chi connectivity index (χ0n) is 13.0. The van der Waals surface area contributed by atoms with Crippen LogP contribution in [0.1, 0.15) is 35.6 Å². The average Bonchev–Trinajstić information content (AvgIpc) is 3.14. The SMILES string of the molecule is CC(C)Cc1cc(C(=O)NC[C@H](CO)Cc2ccsc2)n[nH]1. The maximum atomic E-state index is 12.1. The topological polar surface area (TPSA) is 78.0 Å². The number of carbonyl (C=O) groups excluding carboxylic acids is 1. The smallest absolute Gasteiger partial charge is 0.271 e. The number of nitrogens with one attached hydrogen (secondary N) is 2. The molecular formula is C16H23N3O2S. The van der Waals surface area contributed by atoms with E-state index in [4.69, 9.17) is 0 Å². The molecule has 2 aromatic heterocycles. The van der Waals surface area contributed by atoms with E-state index in [1.165, 1.54) is 5.56 Å². The minimum Gasteiger partial charge on any atom is -0.396 e. The molecular weight excluding hydrogens is 298 g/mol. The second-order valence-electron chi connectivity index (χ2n) is 5.97.